The molecular weight excluding hydrogens is 468 g/mol. The van der Waals surface area contributed by atoms with Crippen molar-refractivity contribution in [1.29, 1.82) is 0 Å². The van der Waals surface area contributed by atoms with Gasteiger partial charge < -0.3 is 18.9 Å². The summed E-state index contributed by atoms with van der Waals surface area (Å²) >= 11 is 0. The Kier molecular flexibility index (Phi) is 16.6. The molecular formula is C31H50O6. The summed E-state index contributed by atoms with van der Waals surface area (Å²) in [5.41, 5.74) is 0.822. The monoisotopic (exact) mass is 518 g/mol. The Balaban J connectivity index is 1.76. The summed E-state index contributed by atoms with van der Waals surface area (Å²) < 4.78 is 21.9. The third kappa shape index (κ3) is 13.2. The predicted octanol–water partition coefficient (Wildman–Crippen LogP) is 7.94. The van der Waals surface area contributed by atoms with E-state index in [1.54, 1.807) is 0 Å². The van der Waals surface area contributed by atoms with Gasteiger partial charge >= 0.3 is 11.9 Å². The second-order valence-electron chi connectivity index (χ2n) is 10.2. The number of ether oxygens (including phenoxy) is 4. The lowest BCUT2D eigenvalue weighted by atomic mass is 9.99. The molecule has 0 bridgehead atoms. The van der Waals surface area contributed by atoms with Crippen molar-refractivity contribution in [2.75, 3.05) is 20.0 Å². The minimum absolute atomic E-state index is 0.184. The van der Waals surface area contributed by atoms with E-state index in [1.165, 1.54) is 64.2 Å². The number of carbonyl (C=O) groups excluding carboxylic acids is 2. The van der Waals surface area contributed by atoms with Crippen LogP contribution in [0, 0.1) is 5.92 Å². The quantitative estimate of drug-likeness (QED) is 0.0881. The molecule has 0 N–H and O–H groups in total. The fourth-order valence-corrected chi connectivity index (χ4v) is 4.59. The molecule has 2 rings (SSSR count). The van der Waals surface area contributed by atoms with E-state index in [1.807, 2.05) is 18.2 Å². The van der Waals surface area contributed by atoms with Crippen molar-refractivity contribution in [3.63, 3.8) is 0 Å². The predicted molar refractivity (Wildman–Crippen MR) is 147 cm³/mol. The van der Waals surface area contributed by atoms with E-state index >= 15 is 0 Å². The van der Waals surface area contributed by atoms with E-state index < -0.39 is 17.9 Å². The van der Waals surface area contributed by atoms with Crippen LogP contribution in [0.2, 0.25) is 0 Å². The van der Waals surface area contributed by atoms with Crippen LogP contribution >= 0.6 is 0 Å². The highest BCUT2D eigenvalue weighted by Crippen LogP contribution is 2.33. The van der Waals surface area contributed by atoms with Crippen molar-refractivity contribution in [2.45, 2.75) is 123 Å². The zero-order valence-electron chi connectivity index (χ0n) is 23.4. The second kappa shape index (κ2) is 19.8. The van der Waals surface area contributed by atoms with Crippen LogP contribution in [0.25, 0.3) is 0 Å². The first-order valence-electron chi connectivity index (χ1n) is 14.9. The molecule has 0 aliphatic carbocycles. The van der Waals surface area contributed by atoms with Gasteiger partial charge in [-0.05, 0) is 37.0 Å². The van der Waals surface area contributed by atoms with Gasteiger partial charge in [0, 0.05) is 0 Å². The number of hydrogen-bond acceptors (Lipinski definition) is 6. The van der Waals surface area contributed by atoms with E-state index in [-0.39, 0.29) is 13.2 Å². The van der Waals surface area contributed by atoms with Crippen LogP contribution in [-0.4, -0.2) is 31.9 Å². The Morgan fingerprint density at radius 3 is 1.65 bits per heavy atom. The zero-order valence-corrected chi connectivity index (χ0v) is 23.4. The van der Waals surface area contributed by atoms with Gasteiger partial charge in [-0.2, -0.15) is 0 Å². The Bertz CT molecular complexity index is 728. The summed E-state index contributed by atoms with van der Waals surface area (Å²) in [7, 11) is 0. The lowest BCUT2D eigenvalue weighted by Crippen LogP contribution is -2.30. The molecule has 1 aliphatic rings. The van der Waals surface area contributed by atoms with Crippen molar-refractivity contribution >= 4 is 11.9 Å². The van der Waals surface area contributed by atoms with Crippen LogP contribution in [0.1, 0.15) is 122 Å². The van der Waals surface area contributed by atoms with Crippen molar-refractivity contribution in [3.05, 3.63) is 23.8 Å². The largest absolute Gasteiger partial charge is 0.465 e. The van der Waals surface area contributed by atoms with Crippen LogP contribution in [0.15, 0.2) is 18.2 Å². The number of esters is 2. The summed E-state index contributed by atoms with van der Waals surface area (Å²) in [4.78, 5) is 25.8. The van der Waals surface area contributed by atoms with Gasteiger partial charge in [0.15, 0.2) is 17.4 Å². The van der Waals surface area contributed by atoms with Gasteiger partial charge in [0.05, 0.1) is 13.2 Å². The van der Waals surface area contributed by atoms with Crippen molar-refractivity contribution in [1.82, 2.24) is 0 Å². The fraction of sp³-hybridized carbons (Fsp3) is 0.742. The number of fused-ring (bicyclic) bond motifs is 1. The number of carbonyl (C=O) groups is 2. The molecule has 6 heteroatoms. The van der Waals surface area contributed by atoms with E-state index in [0.717, 1.165) is 44.1 Å². The highest BCUT2D eigenvalue weighted by atomic mass is 16.7. The lowest BCUT2D eigenvalue weighted by molar-refractivity contribution is -0.162. The standard InChI is InChI=1S/C31H50O6/c1-3-5-7-9-11-13-15-17-21-34-30(32)27(23-26-19-20-28-29(24-26)37-25-36-28)31(33)35-22-18-16-14-12-10-8-6-4-2/h19-20,24,27H,3-18,21-23,25H2,1-2H3. The summed E-state index contributed by atoms with van der Waals surface area (Å²) in [6.07, 6.45) is 19.0. The van der Waals surface area contributed by atoms with E-state index in [0.29, 0.717) is 24.7 Å². The zero-order chi connectivity index (χ0) is 26.6. The third-order valence-corrected chi connectivity index (χ3v) is 6.93. The molecule has 6 nitrogen and oxygen atoms in total. The average molecular weight is 519 g/mol. The molecule has 1 aromatic carbocycles. The molecule has 0 saturated heterocycles. The first kappa shape index (κ1) is 31.0. The first-order valence-corrected chi connectivity index (χ1v) is 14.9. The fourth-order valence-electron chi connectivity index (χ4n) is 4.59. The minimum Gasteiger partial charge on any atom is -0.465 e. The van der Waals surface area contributed by atoms with E-state index in [4.69, 9.17) is 18.9 Å². The molecule has 0 fully saturated rings. The summed E-state index contributed by atoms with van der Waals surface area (Å²) in [6.45, 7) is 5.32. The molecule has 0 amide bonds. The van der Waals surface area contributed by atoms with Gasteiger partial charge in [-0.25, -0.2) is 0 Å². The highest BCUT2D eigenvalue weighted by molar-refractivity contribution is 5.95. The average Bonchev–Trinajstić information content (AvgIpc) is 3.37. The smallest absolute Gasteiger partial charge is 0.320 e. The Morgan fingerprint density at radius 1 is 0.676 bits per heavy atom. The maximum atomic E-state index is 12.9. The van der Waals surface area contributed by atoms with Crippen LogP contribution in [0.4, 0.5) is 0 Å². The van der Waals surface area contributed by atoms with E-state index in [2.05, 4.69) is 13.8 Å². The Labute approximate surface area is 224 Å². The molecule has 0 atom stereocenters. The van der Waals surface area contributed by atoms with Crippen LogP contribution < -0.4 is 9.47 Å². The van der Waals surface area contributed by atoms with Crippen molar-refractivity contribution < 1.29 is 28.5 Å². The number of benzene rings is 1. The summed E-state index contributed by atoms with van der Waals surface area (Å²) in [5, 5.41) is 0. The SMILES string of the molecule is CCCCCCCCCCOC(=O)C(Cc1ccc2c(c1)OCO2)C(=O)OCCCCCCCCCC. The topological polar surface area (TPSA) is 71.1 Å². The normalized spacial score (nSPS) is 12.2. The first-order chi connectivity index (χ1) is 18.2. The molecule has 0 aromatic heterocycles. The minimum atomic E-state index is -0.969. The number of hydrogen-bond donors (Lipinski definition) is 0. The second-order valence-corrected chi connectivity index (χ2v) is 10.2. The van der Waals surface area contributed by atoms with Gasteiger partial charge in [0.2, 0.25) is 6.79 Å². The molecule has 1 aromatic rings. The lowest BCUT2D eigenvalue weighted by Gasteiger charge is -2.16. The number of rotatable bonds is 22. The van der Waals surface area contributed by atoms with Crippen LogP contribution in [0.3, 0.4) is 0 Å². The highest BCUT2D eigenvalue weighted by Gasteiger charge is 2.30. The van der Waals surface area contributed by atoms with Crippen molar-refractivity contribution in [3.8, 4) is 11.5 Å². The summed E-state index contributed by atoms with van der Waals surface area (Å²) in [6, 6.07) is 5.50. The van der Waals surface area contributed by atoms with Gasteiger partial charge in [-0.3, -0.25) is 9.59 Å². The summed E-state index contributed by atoms with van der Waals surface area (Å²) in [5.74, 6) is -0.655. The van der Waals surface area contributed by atoms with E-state index in [9.17, 15) is 9.59 Å². The maximum Gasteiger partial charge on any atom is 0.320 e. The third-order valence-electron chi connectivity index (χ3n) is 6.93. The molecule has 1 heterocycles. The van der Waals surface area contributed by atoms with Gasteiger partial charge in [-0.15, -0.1) is 0 Å². The van der Waals surface area contributed by atoms with Gasteiger partial charge in [-0.1, -0.05) is 110 Å². The van der Waals surface area contributed by atoms with Gasteiger partial charge in [0.25, 0.3) is 0 Å². The van der Waals surface area contributed by atoms with Gasteiger partial charge in [0.1, 0.15) is 0 Å². The maximum absolute atomic E-state index is 12.9. The van der Waals surface area contributed by atoms with Crippen LogP contribution in [0.5, 0.6) is 11.5 Å². The molecule has 0 unspecified atom stereocenters. The molecule has 1 aliphatic heterocycles. The molecule has 0 spiro atoms. The van der Waals surface area contributed by atoms with Crippen LogP contribution in [-0.2, 0) is 25.5 Å². The number of unbranched alkanes of at least 4 members (excludes halogenated alkanes) is 14. The molecule has 210 valence electrons. The molecule has 0 radical (unpaired) electrons. The molecule has 0 saturated carbocycles. The van der Waals surface area contributed by atoms with Crippen molar-refractivity contribution in [2.24, 2.45) is 5.92 Å². The Hall–Kier alpha value is -2.24. The molecule has 37 heavy (non-hydrogen) atoms. The Morgan fingerprint density at radius 2 is 1.14 bits per heavy atom.